The van der Waals surface area contributed by atoms with Crippen LogP contribution in [-0.2, 0) is 0 Å². The van der Waals surface area contributed by atoms with E-state index < -0.39 is 0 Å². The van der Waals surface area contributed by atoms with E-state index in [9.17, 15) is 0 Å². The van der Waals surface area contributed by atoms with Crippen LogP contribution < -0.4 is 5.32 Å². The van der Waals surface area contributed by atoms with Crippen LogP contribution in [0.2, 0.25) is 0 Å². The molecule has 0 amide bonds. The van der Waals surface area contributed by atoms with Crippen molar-refractivity contribution in [1.82, 2.24) is 5.32 Å². The summed E-state index contributed by atoms with van der Waals surface area (Å²) in [6.07, 6.45) is 5.76. The Morgan fingerprint density at radius 1 is 1.50 bits per heavy atom. The molecule has 1 heteroatoms. The molecule has 0 aromatic heterocycles. The van der Waals surface area contributed by atoms with Gasteiger partial charge in [-0.15, -0.1) is 0 Å². The smallest absolute Gasteiger partial charge is 0.0444 e. The second-order valence-electron chi connectivity index (χ2n) is 3.81. The number of hydrogen-bond donors (Lipinski definition) is 1. The number of dihydropyridines is 1. The van der Waals surface area contributed by atoms with Gasteiger partial charge in [0.2, 0.25) is 0 Å². The van der Waals surface area contributed by atoms with Crippen molar-refractivity contribution in [1.29, 1.82) is 0 Å². The Morgan fingerprint density at radius 3 is 2.67 bits per heavy atom. The second-order valence-corrected chi connectivity index (χ2v) is 3.81. The molecule has 0 saturated carbocycles. The van der Waals surface area contributed by atoms with E-state index in [1.807, 2.05) is 0 Å². The molecule has 0 radical (unpaired) electrons. The van der Waals surface area contributed by atoms with Gasteiger partial charge in [0.05, 0.1) is 0 Å². The largest absolute Gasteiger partial charge is 0.382 e. The van der Waals surface area contributed by atoms with Gasteiger partial charge >= 0.3 is 0 Å². The van der Waals surface area contributed by atoms with Gasteiger partial charge in [-0.1, -0.05) is 26.8 Å². The van der Waals surface area contributed by atoms with Crippen molar-refractivity contribution >= 4 is 0 Å². The fraction of sp³-hybridized carbons (Fsp3) is 0.636. The van der Waals surface area contributed by atoms with Crippen LogP contribution in [-0.4, -0.2) is 6.04 Å². The van der Waals surface area contributed by atoms with Crippen molar-refractivity contribution in [3.8, 4) is 0 Å². The van der Waals surface area contributed by atoms with E-state index in [4.69, 9.17) is 0 Å². The fourth-order valence-corrected chi connectivity index (χ4v) is 1.49. The highest BCUT2D eigenvalue weighted by atomic mass is 14.9. The standard InChI is InChI=1S/C11H19N/c1-5-11-7-10(8(2)3)6-9(4)12-11/h6-8,11-12H,5H2,1-4H3. The zero-order valence-electron chi connectivity index (χ0n) is 8.52. The molecule has 1 nitrogen and oxygen atoms in total. The van der Waals surface area contributed by atoms with E-state index in [-0.39, 0.29) is 0 Å². The first-order valence-corrected chi connectivity index (χ1v) is 4.80. The van der Waals surface area contributed by atoms with Crippen LogP contribution in [0, 0.1) is 5.92 Å². The van der Waals surface area contributed by atoms with E-state index in [0.717, 1.165) is 0 Å². The predicted molar refractivity (Wildman–Crippen MR) is 53.9 cm³/mol. The maximum Gasteiger partial charge on any atom is 0.0444 e. The highest BCUT2D eigenvalue weighted by Crippen LogP contribution is 2.18. The zero-order chi connectivity index (χ0) is 9.14. The molecule has 1 aliphatic rings. The average Bonchev–Trinajstić information content (AvgIpc) is 2.03. The summed E-state index contributed by atoms with van der Waals surface area (Å²) in [6.45, 7) is 8.84. The molecule has 0 saturated heterocycles. The molecule has 0 bridgehead atoms. The third-order valence-corrected chi connectivity index (χ3v) is 2.30. The number of allylic oxidation sites excluding steroid dienone is 3. The number of hydrogen-bond acceptors (Lipinski definition) is 1. The van der Waals surface area contributed by atoms with E-state index in [1.165, 1.54) is 17.7 Å². The lowest BCUT2D eigenvalue weighted by Gasteiger charge is -2.23. The summed E-state index contributed by atoms with van der Waals surface area (Å²) in [5.41, 5.74) is 2.77. The highest BCUT2D eigenvalue weighted by Gasteiger charge is 2.11. The minimum Gasteiger partial charge on any atom is -0.382 e. The van der Waals surface area contributed by atoms with Gasteiger partial charge in [-0.2, -0.15) is 0 Å². The van der Waals surface area contributed by atoms with Gasteiger partial charge in [-0.3, -0.25) is 0 Å². The molecule has 1 unspecified atom stereocenters. The summed E-state index contributed by atoms with van der Waals surface area (Å²) >= 11 is 0. The van der Waals surface area contributed by atoms with Crippen molar-refractivity contribution in [2.24, 2.45) is 5.92 Å². The lowest BCUT2D eigenvalue weighted by molar-refractivity contribution is 0.619. The first-order chi connectivity index (χ1) is 5.63. The lowest BCUT2D eigenvalue weighted by atomic mass is 9.96. The van der Waals surface area contributed by atoms with Crippen LogP contribution in [0.5, 0.6) is 0 Å². The van der Waals surface area contributed by atoms with Gasteiger partial charge in [-0.05, 0) is 30.9 Å². The van der Waals surface area contributed by atoms with Crippen LogP contribution in [0.4, 0.5) is 0 Å². The van der Waals surface area contributed by atoms with Crippen molar-refractivity contribution in [3.63, 3.8) is 0 Å². The average molecular weight is 165 g/mol. The third kappa shape index (κ3) is 2.13. The molecule has 12 heavy (non-hydrogen) atoms. The van der Waals surface area contributed by atoms with Crippen LogP contribution in [0.25, 0.3) is 0 Å². The topological polar surface area (TPSA) is 12.0 Å². The van der Waals surface area contributed by atoms with Crippen LogP contribution in [0.1, 0.15) is 34.1 Å². The number of nitrogens with one attached hydrogen (secondary N) is 1. The summed E-state index contributed by atoms with van der Waals surface area (Å²) in [5, 5.41) is 3.44. The summed E-state index contributed by atoms with van der Waals surface area (Å²) in [7, 11) is 0. The third-order valence-electron chi connectivity index (χ3n) is 2.30. The molecular weight excluding hydrogens is 146 g/mol. The van der Waals surface area contributed by atoms with Crippen LogP contribution in [0.3, 0.4) is 0 Å². The van der Waals surface area contributed by atoms with E-state index in [1.54, 1.807) is 0 Å². The van der Waals surface area contributed by atoms with Gasteiger partial charge in [0.15, 0.2) is 0 Å². The van der Waals surface area contributed by atoms with Gasteiger partial charge in [0.1, 0.15) is 0 Å². The van der Waals surface area contributed by atoms with Gasteiger partial charge in [0, 0.05) is 11.7 Å². The molecular formula is C11H19N. The first kappa shape index (κ1) is 9.37. The molecule has 0 aromatic rings. The predicted octanol–water partition coefficient (Wildman–Crippen LogP) is 2.85. The molecule has 0 spiro atoms. The maximum atomic E-state index is 3.44. The molecule has 1 atom stereocenters. The van der Waals surface area contributed by atoms with E-state index in [0.29, 0.717) is 12.0 Å². The van der Waals surface area contributed by atoms with Crippen molar-refractivity contribution in [2.75, 3.05) is 0 Å². The fourth-order valence-electron chi connectivity index (χ4n) is 1.49. The molecule has 0 aliphatic carbocycles. The summed E-state index contributed by atoms with van der Waals surface area (Å²) < 4.78 is 0. The highest BCUT2D eigenvalue weighted by molar-refractivity contribution is 5.29. The SMILES string of the molecule is CCC1C=C(C(C)C)C=C(C)N1. The molecule has 0 aromatic carbocycles. The minimum atomic E-state index is 0.549. The van der Waals surface area contributed by atoms with Crippen molar-refractivity contribution in [3.05, 3.63) is 23.4 Å². The lowest BCUT2D eigenvalue weighted by Crippen LogP contribution is -2.28. The van der Waals surface area contributed by atoms with Crippen molar-refractivity contribution in [2.45, 2.75) is 40.2 Å². The summed E-state index contributed by atoms with van der Waals surface area (Å²) in [6, 6.07) is 0.549. The molecule has 1 heterocycles. The Bertz CT molecular complexity index is 211. The summed E-state index contributed by atoms with van der Waals surface area (Å²) in [4.78, 5) is 0. The van der Waals surface area contributed by atoms with E-state index in [2.05, 4.69) is 45.2 Å². The number of rotatable bonds is 2. The summed E-state index contributed by atoms with van der Waals surface area (Å²) in [5.74, 6) is 0.649. The maximum absolute atomic E-state index is 3.44. The van der Waals surface area contributed by atoms with Gasteiger partial charge in [0.25, 0.3) is 0 Å². The molecule has 1 rings (SSSR count). The monoisotopic (exact) mass is 165 g/mol. The Hall–Kier alpha value is -0.720. The van der Waals surface area contributed by atoms with Crippen LogP contribution in [0.15, 0.2) is 23.4 Å². The normalized spacial score (nSPS) is 23.2. The Balaban J connectivity index is 2.77. The van der Waals surface area contributed by atoms with Crippen molar-refractivity contribution < 1.29 is 0 Å². The minimum absolute atomic E-state index is 0.549. The Morgan fingerprint density at radius 2 is 2.17 bits per heavy atom. The molecule has 0 fully saturated rings. The zero-order valence-corrected chi connectivity index (χ0v) is 8.52. The molecule has 68 valence electrons. The van der Waals surface area contributed by atoms with E-state index >= 15 is 0 Å². The Labute approximate surface area is 75.6 Å². The molecule has 1 aliphatic heterocycles. The Kier molecular flexibility index (Phi) is 2.96. The second kappa shape index (κ2) is 3.79. The van der Waals surface area contributed by atoms with Gasteiger partial charge < -0.3 is 5.32 Å². The van der Waals surface area contributed by atoms with Gasteiger partial charge in [-0.25, -0.2) is 0 Å². The first-order valence-electron chi connectivity index (χ1n) is 4.80. The molecule has 1 N–H and O–H groups in total. The quantitative estimate of drug-likeness (QED) is 0.663. The van der Waals surface area contributed by atoms with Crippen LogP contribution >= 0.6 is 0 Å².